The monoisotopic (exact) mass is 320 g/mol. The number of aryl methyl sites for hydroxylation is 1. The summed E-state index contributed by atoms with van der Waals surface area (Å²) in [5.74, 6) is 0.800. The topological polar surface area (TPSA) is 43.6 Å². The Morgan fingerprint density at radius 2 is 1.88 bits per heavy atom. The van der Waals surface area contributed by atoms with Crippen molar-refractivity contribution in [3.05, 3.63) is 60.6 Å². The molecule has 4 nitrogen and oxygen atoms in total. The van der Waals surface area contributed by atoms with Gasteiger partial charge in [0.25, 0.3) is 0 Å². The molecule has 0 amide bonds. The van der Waals surface area contributed by atoms with Crippen molar-refractivity contribution in [3.63, 3.8) is 0 Å². The van der Waals surface area contributed by atoms with Gasteiger partial charge >= 0.3 is 0 Å². The van der Waals surface area contributed by atoms with E-state index in [1.807, 2.05) is 23.0 Å². The minimum Gasteiger partial charge on any atom is -0.264 e. The molecule has 0 radical (unpaired) electrons. The number of aromatic nitrogens is 4. The fraction of sp³-hybridized carbons (Fsp3) is 0.350. The highest BCUT2D eigenvalue weighted by molar-refractivity contribution is 5.56. The Kier molecular flexibility index (Phi) is 5.36. The van der Waals surface area contributed by atoms with Crippen LogP contribution in [0, 0.1) is 5.92 Å². The van der Waals surface area contributed by atoms with Gasteiger partial charge in [-0.3, -0.25) is 4.98 Å². The third-order valence-corrected chi connectivity index (χ3v) is 4.15. The van der Waals surface area contributed by atoms with E-state index in [1.54, 1.807) is 12.4 Å². The lowest BCUT2D eigenvalue weighted by Crippen LogP contribution is -1.95. The second kappa shape index (κ2) is 7.86. The summed E-state index contributed by atoms with van der Waals surface area (Å²) in [5.41, 5.74) is 4.23. The van der Waals surface area contributed by atoms with Crippen LogP contribution < -0.4 is 0 Å². The molecule has 3 aromatic rings. The maximum atomic E-state index is 4.24. The lowest BCUT2D eigenvalue weighted by Gasteiger charge is -2.05. The SMILES string of the molecule is CC(C)CCCCc1ccc(-n2cc(-c3cccnc3)nn2)cc1. The van der Waals surface area contributed by atoms with Crippen molar-refractivity contribution in [2.45, 2.75) is 39.5 Å². The molecule has 1 aromatic carbocycles. The van der Waals surface area contributed by atoms with Crippen LogP contribution in [0.4, 0.5) is 0 Å². The van der Waals surface area contributed by atoms with Crippen molar-refractivity contribution in [1.82, 2.24) is 20.0 Å². The van der Waals surface area contributed by atoms with Crippen LogP contribution in [0.25, 0.3) is 16.9 Å². The molecule has 24 heavy (non-hydrogen) atoms. The summed E-state index contributed by atoms with van der Waals surface area (Å²) in [7, 11) is 0. The van der Waals surface area contributed by atoms with Crippen molar-refractivity contribution in [2.24, 2.45) is 5.92 Å². The standard InChI is InChI=1S/C20H24N4/c1-16(2)6-3-4-7-17-9-11-19(12-10-17)24-15-20(22-23-24)18-8-5-13-21-14-18/h5,8-16H,3-4,6-7H2,1-2H3. The first-order valence-electron chi connectivity index (χ1n) is 8.64. The molecular formula is C20H24N4. The van der Waals surface area contributed by atoms with Crippen LogP contribution in [0.2, 0.25) is 0 Å². The molecule has 0 saturated carbocycles. The van der Waals surface area contributed by atoms with E-state index < -0.39 is 0 Å². The Labute approximate surface area is 143 Å². The molecule has 0 aliphatic carbocycles. The summed E-state index contributed by atoms with van der Waals surface area (Å²) in [6.45, 7) is 4.57. The molecule has 4 heteroatoms. The van der Waals surface area contributed by atoms with Gasteiger partial charge in [0, 0.05) is 18.0 Å². The van der Waals surface area contributed by atoms with E-state index in [4.69, 9.17) is 0 Å². The molecule has 0 aliphatic rings. The summed E-state index contributed by atoms with van der Waals surface area (Å²) in [6, 6.07) is 12.5. The highest BCUT2D eigenvalue weighted by Gasteiger charge is 2.05. The van der Waals surface area contributed by atoms with Gasteiger partial charge in [0.1, 0.15) is 5.69 Å². The molecule has 0 spiro atoms. The van der Waals surface area contributed by atoms with Crippen LogP contribution in [0.5, 0.6) is 0 Å². The predicted molar refractivity (Wildman–Crippen MR) is 97.0 cm³/mol. The Morgan fingerprint density at radius 1 is 1.04 bits per heavy atom. The number of rotatable bonds is 7. The molecule has 124 valence electrons. The molecule has 0 unspecified atom stereocenters. The third kappa shape index (κ3) is 4.28. The van der Waals surface area contributed by atoms with Crippen LogP contribution >= 0.6 is 0 Å². The lowest BCUT2D eigenvalue weighted by molar-refractivity contribution is 0.538. The largest absolute Gasteiger partial charge is 0.264 e. The summed E-state index contributed by atoms with van der Waals surface area (Å²) in [6.07, 6.45) is 10.5. The van der Waals surface area contributed by atoms with Crippen LogP contribution in [-0.4, -0.2) is 20.0 Å². The van der Waals surface area contributed by atoms with Crippen LogP contribution in [0.15, 0.2) is 55.0 Å². The molecule has 0 atom stereocenters. The fourth-order valence-corrected chi connectivity index (χ4v) is 2.73. The molecule has 0 bridgehead atoms. The van der Waals surface area contributed by atoms with Gasteiger partial charge in [-0.15, -0.1) is 5.10 Å². The average molecular weight is 320 g/mol. The first-order valence-corrected chi connectivity index (χ1v) is 8.64. The zero-order chi connectivity index (χ0) is 16.8. The maximum Gasteiger partial charge on any atom is 0.115 e. The van der Waals surface area contributed by atoms with E-state index in [2.05, 4.69) is 53.4 Å². The molecule has 0 N–H and O–H groups in total. The number of hydrogen-bond acceptors (Lipinski definition) is 3. The molecular weight excluding hydrogens is 296 g/mol. The van der Waals surface area contributed by atoms with Gasteiger partial charge in [-0.2, -0.15) is 0 Å². The summed E-state index contributed by atoms with van der Waals surface area (Å²) in [5, 5.41) is 8.46. The first kappa shape index (κ1) is 16.4. The van der Waals surface area contributed by atoms with Gasteiger partial charge in [0.15, 0.2) is 0 Å². The van der Waals surface area contributed by atoms with Crippen molar-refractivity contribution in [2.75, 3.05) is 0 Å². The van der Waals surface area contributed by atoms with Crippen LogP contribution in [0.1, 0.15) is 38.7 Å². The summed E-state index contributed by atoms with van der Waals surface area (Å²) < 4.78 is 1.81. The summed E-state index contributed by atoms with van der Waals surface area (Å²) >= 11 is 0. The van der Waals surface area contributed by atoms with Crippen LogP contribution in [0.3, 0.4) is 0 Å². The van der Waals surface area contributed by atoms with Gasteiger partial charge in [-0.25, -0.2) is 4.68 Å². The molecule has 3 rings (SSSR count). The number of benzene rings is 1. The minimum atomic E-state index is 0.800. The predicted octanol–water partition coefficient (Wildman–Crippen LogP) is 4.70. The van der Waals surface area contributed by atoms with Crippen molar-refractivity contribution < 1.29 is 0 Å². The smallest absolute Gasteiger partial charge is 0.115 e. The molecule has 0 fully saturated rings. The van der Waals surface area contributed by atoms with Crippen molar-refractivity contribution in [3.8, 4) is 16.9 Å². The van der Waals surface area contributed by atoms with Crippen molar-refractivity contribution in [1.29, 1.82) is 0 Å². The van der Waals surface area contributed by atoms with Crippen molar-refractivity contribution >= 4 is 0 Å². The minimum absolute atomic E-state index is 0.800. The van der Waals surface area contributed by atoms with Gasteiger partial charge < -0.3 is 0 Å². The van der Waals surface area contributed by atoms with E-state index in [0.717, 1.165) is 29.3 Å². The number of nitrogens with zero attached hydrogens (tertiary/aromatic N) is 4. The lowest BCUT2D eigenvalue weighted by atomic mass is 10.0. The van der Waals surface area contributed by atoms with Gasteiger partial charge in [0.2, 0.25) is 0 Å². The first-order chi connectivity index (χ1) is 11.7. The zero-order valence-corrected chi connectivity index (χ0v) is 14.4. The second-order valence-electron chi connectivity index (χ2n) is 6.60. The third-order valence-electron chi connectivity index (χ3n) is 4.15. The normalized spacial score (nSPS) is 11.1. The molecule has 2 heterocycles. The van der Waals surface area contributed by atoms with E-state index in [0.29, 0.717) is 0 Å². The zero-order valence-electron chi connectivity index (χ0n) is 14.4. The Balaban J connectivity index is 1.63. The Bertz CT molecular complexity index is 745. The highest BCUT2D eigenvalue weighted by Crippen LogP contribution is 2.17. The van der Waals surface area contributed by atoms with E-state index >= 15 is 0 Å². The van der Waals surface area contributed by atoms with Gasteiger partial charge in [-0.1, -0.05) is 44.0 Å². The Morgan fingerprint density at radius 3 is 2.58 bits per heavy atom. The number of pyridine rings is 1. The molecule has 0 aliphatic heterocycles. The highest BCUT2D eigenvalue weighted by atomic mass is 15.4. The maximum absolute atomic E-state index is 4.24. The van der Waals surface area contributed by atoms with Gasteiger partial charge in [-0.05, 0) is 48.6 Å². The number of unbranched alkanes of at least 4 members (excludes halogenated alkanes) is 1. The molecule has 2 aromatic heterocycles. The van der Waals surface area contributed by atoms with Crippen LogP contribution in [-0.2, 0) is 6.42 Å². The quantitative estimate of drug-likeness (QED) is 0.593. The fourth-order valence-electron chi connectivity index (χ4n) is 2.73. The number of hydrogen-bond donors (Lipinski definition) is 0. The van der Waals surface area contributed by atoms with Gasteiger partial charge in [0.05, 0.1) is 11.9 Å². The Hall–Kier alpha value is -2.49. The van der Waals surface area contributed by atoms with E-state index in [9.17, 15) is 0 Å². The second-order valence-corrected chi connectivity index (χ2v) is 6.60. The molecule has 0 saturated heterocycles. The van der Waals surface area contributed by atoms with E-state index in [-0.39, 0.29) is 0 Å². The summed E-state index contributed by atoms with van der Waals surface area (Å²) in [4.78, 5) is 4.12. The van der Waals surface area contributed by atoms with E-state index in [1.165, 1.54) is 24.8 Å². The average Bonchev–Trinajstić information content (AvgIpc) is 3.10.